The molecule has 2 heterocycles. The van der Waals surface area contributed by atoms with E-state index in [2.05, 4.69) is 20.4 Å². The fraction of sp³-hybridized carbons (Fsp3) is 0.200. The van der Waals surface area contributed by atoms with Gasteiger partial charge in [-0.25, -0.2) is 0 Å². The number of hydrogen-bond acceptors (Lipinski definition) is 9. The fourth-order valence-corrected chi connectivity index (χ4v) is 3.85. The zero-order chi connectivity index (χ0) is 21.8. The van der Waals surface area contributed by atoms with Crippen LogP contribution in [0.4, 0.5) is 0 Å². The summed E-state index contributed by atoms with van der Waals surface area (Å²) >= 11 is 13.4. The highest BCUT2D eigenvalue weighted by atomic mass is 35.5. The lowest BCUT2D eigenvalue weighted by atomic mass is 10.1. The summed E-state index contributed by atoms with van der Waals surface area (Å²) in [6.07, 6.45) is 0.466. The summed E-state index contributed by atoms with van der Waals surface area (Å²) in [4.78, 5) is 0. The van der Waals surface area contributed by atoms with Gasteiger partial charge in [0.25, 0.3) is 5.22 Å². The van der Waals surface area contributed by atoms with Gasteiger partial charge in [-0.1, -0.05) is 41.0 Å². The van der Waals surface area contributed by atoms with Crippen LogP contribution in [0.15, 0.2) is 50.5 Å². The number of nitrogens with zero attached hydrogens (tertiary/aromatic N) is 4. The van der Waals surface area contributed by atoms with Gasteiger partial charge in [0.05, 0.1) is 37.0 Å². The number of ether oxygens (including phenoxy) is 2. The molecule has 11 heteroatoms. The van der Waals surface area contributed by atoms with Gasteiger partial charge in [-0.2, -0.15) is 0 Å². The molecule has 0 spiro atoms. The summed E-state index contributed by atoms with van der Waals surface area (Å²) in [6.45, 7) is 0. The van der Waals surface area contributed by atoms with E-state index >= 15 is 0 Å². The summed E-state index contributed by atoms with van der Waals surface area (Å²) in [5.41, 5.74) is 1.57. The highest BCUT2D eigenvalue weighted by Crippen LogP contribution is 2.31. The van der Waals surface area contributed by atoms with Crippen LogP contribution in [0.25, 0.3) is 11.5 Å². The van der Waals surface area contributed by atoms with Crippen LogP contribution in [-0.4, -0.2) is 34.6 Å². The van der Waals surface area contributed by atoms with Gasteiger partial charge >= 0.3 is 0 Å². The topological polar surface area (TPSA) is 96.3 Å². The predicted octanol–water partition coefficient (Wildman–Crippen LogP) is 5.33. The summed E-state index contributed by atoms with van der Waals surface area (Å²) in [7, 11) is 3.18. The van der Waals surface area contributed by atoms with Crippen molar-refractivity contribution in [1.29, 1.82) is 0 Å². The lowest BCUT2D eigenvalue weighted by Gasteiger charge is -2.08. The van der Waals surface area contributed by atoms with Crippen LogP contribution in [0.2, 0.25) is 10.0 Å². The molecule has 4 rings (SSSR count). The van der Waals surface area contributed by atoms with Crippen molar-refractivity contribution in [2.24, 2.45) is 0 Å². The van der Waals surface area contributed by atoms with Gasteiger partial charge in [-0.05, 0) is 35.9 Å². The molecule has 0 amide bonds. The normalized spacial score (nSPS) is 11.0. The molecule has 8 nitrogen and oxygen atoms in total. The fourth-order valence-electron chi connectivity index (χ4n) is 2.74. The molecule has 4 aromatic rings. The predicted molar refractivity (Wildman–Crippen MR) is 116 cm³/mol. The van der Waals surface area contributed by atoms with Gasteiger partial charge in [0.15, 0.2) is 11.5 Å². The van der Waals surface area contributed by atoms with E-state index in [9.17, 15) is 0 Å². The number of benzene rings is 2. The van der Waals surface area contributed by atoms with E-state index in [0.29, 0.717) is 62.2 Å². The van der Waals surface area contributed by atoms with Crippen LogP contribution < -0.4 is 9.47 Å². The third kappa shape index (κ3) is 5.12. The van der Waals surface area contributed by atoms with Gasteiger partial charge in [0.1, 0.15) is 0 Å². The second-order valence-electron chi connectivity index (χ2n) is 6.24. The van der Waals surface area contributed by atoms with Crippen molar-refractivity contribution in [3.8, 4) is 23.0 Å². The molecule has 0 saturated heterocycles. The molecule has 0 atom stereocenters. The summed E-state index contributed by atoms with van der Waals surface area (Å²) in [5, 5.41) is 17.6. The maximum absolute atomic E-state index is 6.19. The second-order valence-corrected chi connectivity index (χ2v) is 8.01. The zero-order valence-electron chi connectivity index (χ0n) is 16.5. The highest BCUT2D eigenvalue weighted by Gasteiger charge is 2.15. The van der Waals surface area contributed by atoms with E-state index in [0.717, 1.165) is 5.56 Å². The summed E-state index contributed by atoms with van der Waals surface area (Å²) in [5.74, 6) is 2.88. The molecular formula is C20H16Cl2N4O4S. The van der Waals surface area contributed by atoms with Gasteiger partial charge in [0.2, 0.25) is 17.7 Å². The lowest BCUT2D eigenvalue weighted by Crippen LogP contribution is -1.94. The van der Waals surface area contributed by atoms with E-state index in [1.54, 1.807) is 32.4 Å². The minimum atomic E-state index is 0.317. The Kier molecular flexibility index (Phi) is 6.64. The molecule has 0 aliphatic rings. The van der Waals surface area contributed by atoms with Gasteiger partial charge in [0, 0.05) is 5.02 Å². The van der Waals surface area contributed by atoms with Crippen LogP contribution in [0.1, 0.15) is 17.3 Å². The molecule has 2 aromatic carbocycles. The van der Waals surface area contributed by atoms with Crippen LogP contribution >= 0.6 is 35.0 Å². The first-order valence-electron chi connectivity index (χ1n) is 8.99. The summed E-state index contributed by atoms with van der Waals surface area (Å²) < 4.78 is 22.0. The standard InChI is InChI=1S/C20H16Cl2N4O4S/c1-27-15-6-3-11(7-16(15)28-2)8-17-23-26-20(30-17)31-10-18-24-25-19(29-18)13-5-4-12(21)9-14(13)22/h3-7,9H,8,10H2,1-2H3. The van der Waals surface area contributed by atoms with Crippen LogP contribution in [0.5, 0.6) is 11.5 Å². The monoisotopic (exact) mass is 478 g/mol. The molecule has 0 bridgehead atoms. The number of halogens is 2. The molecule has 31 heavy (non-hydrogen) atoms. The maximum Gasteiger partial charge on any atom is 0.277 e. The number of methoxy groups -OCH3 is 2. The van der Waals surface area contributed by atoms with Crippen LogP contribution in [-0.2, 0) is 12.2 Å². The second kappa shape index (κ2) is 9.59. The molecule has 0 N–H and O–H groups in total. The Labute approximate surface area is 191 Å². The van der Waals surface area contributed by atoms with E-state index in [1.165, 1.54) is 11.8 Å². The van der Waals surface area contributed by atoms with E-state index in [-0.39, 0.29) is 0 Å². The Morgan fingerprint density at radius 1 is 0.871 bits per heavy atom. The Bertz CT molecular complexity index is 1200. The first-order chi connectivity index (χ1) is 15.1. The molecule has 0 aliphatic carbocycles. The van der Waals surface area contributed by atoms with E-state index in [4.69, 9.17) is 41.5 Å². The van der Waals surface area contributed by atoms with Crippen molar-refractivity contribution in [3.05, 3.63) is 63.8 Å². The van der Waals surface area contributed by atoms with Crippen molar-refractivity contribution in [1.82, 2.24) is 20.4 Å². The molecule has 0 fully saturated rings. The third-order valence-electron chi connectivity index (χ3n) is 4.20. The zero-order valence-corrected chi connectivity index (χ0v) is 18.8. The van der Waals surface area contributed by atoms with E-state index < -0.39 is 0 Å². The van der Waals surface area contributed by atoms with Crippen molar-refractivity contribution >= 4 is 35.0 Å². The van der Waals surface area contributed by atoms with Crippen molar-refractivity contribution in [2.75, 3.05) is 14.2 Å². The Morgan fingerprint density at radius 2 is 1.68 bits per heavy atom. The maximum atomic E-state index is 6.19. The number of aromatic nitrogens is 4. The van der Waals surface area contributed by atoms with Crippen molar-refractivity contribution in [3.63, 3.8) is 0 Å². The first-order valence-corrected chi connectivity index (χ1v) is 10.7. The summed E-state index contributed by atoms with van der Waals surface area (Å²) in [6, 6.07) is 10.7. The minimum Gasteiger partial charge on any atom is -0.493 e. The highest BCUT2D eigenvalue weighted by molar-refractivity contribution is 7.98. The van der Waals surface area contributed by atoms with Crippen LogP contribution in [0, 0.1) is 0 Å². The Hall–Kier alpha value is -2.75. The molecule has 0 saturated carbocycles. The molecular weight excluding hydrogens is 463 g/mol. The Morgan fingerprint density at radius 3 is 2.45 bits per heavy atom. The van der Waals surface area contributed by atoms with Gasteiger partial charge < -0.3 is 18.3 Å². The third-order valence-corrected chi connectivity index (χ3v) is 5.55. The molecule has 0 aliphatic heterocycles. The number of hydrogen-bond donors (Lipinski definition) is 0. The molecule has 0 radical (unpaired) electrons. The van der Waals surface area contributed by atoms with Crippen molar-refractivity contribution < 1.29 is 18.3 Å². The molecule has 160 valence electrons. The number of rotatable bonds is 8. The van der Waals surface area contributed by atoms with Crippen molar-refractivity contribution in [2.45, 2.75) is 17.4 Å². The van der Waals surface area contributed by atoms with Gasteiger partial charge in [-0.3, -0.25) is 0 Å². The SMILES string of the molecule is COc1ccc(Cc2nnc(SCc3nnc(-c4ccc(Cl)cc4Cl)o3)o2)cc1OC. The smallest absolute Gasteiger partial charge is 0.277 e. The number of thioether (sulfide) groups is 1. The van der Waals surface area contributed by atoms with E-state index in [1.807, 2.05) is 18.2 Å². The molecule has 0 unspecified atom stereocenters. The minimum absolute atomic E-state index is 0.317. The average molecular weight is 479 g/mol. The average Bonchev–Trinajstić information content (AvgIpc) is 3.41. The largest absolute Gasteiger partial charge is 0.493 e. The Balaban J connectivity index is 1.38. The quantitative estimate of drug-likeness (QED) is 0.311. The first kappa shape index (κ1) is 21.5. The van der Waals surface area contributed by atoms with Crippen LogP contribution in [0.3, 0.4) is 0 Å². The lowest BCUT2D eigenvalue weighted by molar-refractivity contribution is 0.354. The van der Waals surface area contributed by atoms with Gasteiger partial charge in [-0.15, -0.1) is 20.4 Å². The molecule has 2 aromatic heterocycles.